The third kappa shape index (κ3) is 2.43. The molecule has 1 unspecified atom stereocenters. The van der Waals surface area contributed by atoms with Crippen LogP contribution in [-0.2, 0) is 9.47 Å². The number of ether oxygens (including phenoxy) is 2. The molecular weight excluding hydrogens is 360 g/mol. The molecule has 0 amide bonds. The average molecular weight is 372 g/mol. The molecule has 28 heavy (non-hydrogen) atoms. The molecule has 0 saturated heterocycles. The Morgan fingerprint density at radius 3 is 1.82 bits per heavy atom. The summed E-state index contributed by atoms with van der Waals surface area (Å²) in [5.74, 6) is -1.80. The number of fused-ring (bicyclic) bond motifs is 2. The maximum atomic E-state index is 11.8. The molecule has 3 aromatic carbocycles. The summed E-state index contributed by atoms with van der Waals surface area (Å²) in [6.45, 7) is 0. The van der Waals surface area contributed by atoms with E-state index < -0.39 is 24.2 Å². The minimum absolute atomic E-state index is 0.266. The van der Waals surface area contributed by atoms with E-state index in [0.717, 1.165) is 22.3 Å². The quantitative estimate of drug-likeness (QED) is 0.547. The lowest BCUT2D eigenvalue weighted by molar-refractivity contribution is -0.0547. The number of esters is 3. The molecule has 6 heteroatoms. The number of rotatable bonds is 2. The summed E-state index contributed by atoms with van der Waals surface area (Å²) in [5, 5.41) is 9.68. The second kappa shape index (κ2) is 5.87. The van der Waals surface area contributed by atoms with Crippen molar-refractivity contribution in [1.82, 2.24) is 0 Å². The second-order valence-corrected chi connectivity index (χ2v) is 6.57. The zero-order chi connectivity index (χ0) is 19.4. The number of carbonyl (C=O) groups excluding carboxylic acids is 3. The van der Waals surface area contributed by atoms with Crippen LogP contribution in [0.1, 0.15) is 42.9 Å². The van der Waals surface area contributed by atoms with Gasteiger partial charge in [-0.05, 0) is 40.5 Å². The van der Waals surface area contributed by atoms with E-state index in [1.54, 1.807) is 30.3 Å². The van der Waals surface area contributed by atoms with Gasteiger partial charge >= 0.3 is 17.9 Å². The Morgan fingerprint density at radius 1 is 0.607 bits per heavy atom. The fraction of sp³-hybridized carbons (Fsp3) is 0.0455. The van der Waals surface area contributed by atoms with E-state index in [9.17, 15) is 19.5 Å². The highest BCUT2D eigenvalue weighted by Crippen LogP contribution is 2.33. The van der Waals surface area contributed by atoms with Gasteiger partial charge in [-0.25, -0.2) is 14.4 Å². The van der Waals surface area contributed by atoms with Crippen molar-refractivity contribution < 1.29 is 29.0 Å². The molecule has 0 aliphatic carbocycles. The fourth-order valence-electron chi connectivity index (χ4n) is 3.48. The first-order valence-corrected chi connectivity index (χ1v) is 8.55. The summed E-state index contributed by atoms with van der Waals surface area (Å²) < 4.78 is 9.43. The van der Waals surface area contributed by atoms with Crippen molar-refractivity contribution in [3.63, 3.8) is 0 Å². The number of aliphatic hydroxyl groups is 1. The average Bonchev–Trinajstić information content (AvgIpc) is 3.16. The van der Waals surface area contributed by atoms with Crippen LogP contribution >= 0.6 is 0 Å². The number of hydrogen-bond donors (Lipinski definition) is 1. The third-order valence-corrected chi connectivity index (χ3v) is 4.95. The topological polar surface area (TPSA) is 89.9 Å². The smallest absolute Gasteiger partial charge is 0.346 e. The summed E-state index contributed by atoms with van der Waals surface area (Å²) in [7, 11) is 0. The maximum Gasteiger partial charge on any atom is 0.346 e. The zero-order valence-corrected chi connectivity index (χ0v) is 14.3. The van der Waals surface area contributed by atoms with Crippen molar-refractivity contribution in [3.05, 3.63) is 82.9 Å². The van der Waals surface area contributed by atoms with E-state index >= 15 is 0 Å². The van der Waals surface area contributed by atoms with Crippen LogP contribution in [0.3, 0.4) is 0 Å². The number of cyclic esters (lactones) is 3. The molecule has 0 aromatic heterocycles. The predicted octanol–water partition coefficient (Wildman–Crippen LogP) is 3.49. The Balaban J connectivity index is 1.48. The zero-order valence-electron chi connectivity index (χ0n) is 14.3. The van der Waals surface area contributed by atoms with Crippen LogP contribution in [0.5, 0.6) is 0 Å². The van der Waals surface area contributed by atoms with Gasteiger partial charge < -0.3 is 14.6 Å². The van der Waals surface area contributed by atoms with E-state index in [4.69, 9.17) is 4.74 Å². The summed E-state index contributed by atoms with van der Waals surface area (Å²) in [6, 6.07) is 17.7. The fourth-order valence-corrected chi connectivity index (χ4v) is 3.48. The Morgan fingerprint density at radius 2 is 1.14 bits per heavy atom. The monoisotopic (exact) mass is 372 g/mol. The van der Waals surface area contributed by atoms with Gasteiger partial charge in [-0.3, -0.25) is 0 Å². The maximum absolute atomic E-state index is 11.8. The van der Waals surface area contributed by atoms with Crippen molar-refractivity contribution in [2.45, 2.75) is 6.29 Å². The van der Waals surface area contributed by atoms with Gasteiger partial charge in [0, 0.05) is 5.56 Å². The Bertz CT molecular complexity index is 1180. The van der Waals surface area contributed by atoms with Gasteiger partial charge in [0.2, 0.25) is 6.29 Å². The molecular formula is C22H12O6. The SMILES string of the molecule is O=C1OC(=O)c2cc(-c3ccc(-c4ccc5c(c4)C(=O)OC5O)cc3)ccc21. The summed E-state index contributed by atoms with van der Waals surface area (Å²) >= 11 is 0. The molecule has 5 rings (SSSR count). The molecule has 0 spiro atoms. The highest BCUT2D eigenvalue weighted by molar-refractivity contribution is 6.15. The van der Waals surface area contributed by atoms with Gasteiger partial charge in [0.15, 0.2) is 0 Å². The van der Waals surface area contributed by atoms with Gasteiger partial charge in [-0.15, -0.1) is 0 Å². The molecule has 0 saturated carbocycles. The first kappa shape index (κ1) is 16.4. The molecule has 0 radical (unpaired) electrons. The van der Waals surface area contributed by atoms with E-state index in [0.29, 0.717) is 11.1 Å². The number of hydrogen-bond acceptors (Lipinski definition) is 6. The van der Waals surface area contributed by atoms with Crippen LogP contribution in [0.4, 0.5) is 0 Å². The highest BCUT2D eigenvalue weighted by Gasteiger charge is 2.30. The minimum atomic E-state index is -1.21. The van der Waals surface area contributed by atoms with Crippen molar-refractivity contribution in [1.29, 1.82) is 0 Å². The van der Waals surface area contributed by atoms with Crippen molar-refractivity contribution in [2.75, 3.05) is 0 Å². The molecule has 2 aliphatic rings. The van der Waals surface area contributed by atoms with Crippen molar-refractivity contribution >= 4 is 17.9 Å². The summed E-state index contributed by atoms with van der Waals surface area (Å²) in [5.41, 5.74) is 4.73. The molecule has 1 atom stereocenters. The van der Waals surface area contributed by atoms with Crippen LogP contribution < -0.4 is 0 Å². The van der Waals surface area contributed by atoms with Crippen LogP contribution in [0, 0.1) is 0 Å². The standard InChI is InChI=1S/C22H12O6/c23-19-15-7-5-13(9-17(15)21(25)27-19)11-1-2-12(4-3-11)14-6-8-16-18(10-14)22(26)28-20(16)24/h1-10,19,23H. The first-order chi connectivity index (χ1) is 13.5. The van der Waals surface area contributed by atoms with Crippen LogP contribution in [0.25, 0.3) is 22.3 Å². The Kier molecular flexibility index (Phi) is 3.44. The third-order valence-electron chi connectivity index (χ3n) is 4.95. The normalized spacial score (nSPS) is 17.2. The van der Waals surface area contributed by atoms with Gasteiger partial charge in [-0.1, -0.05) is 42.5 Å². The van der Waals surface area contributed by atoms with E-state index in [2.05, 4.69) is 4.74 Å². The highest BCUT2D eigenvalue weighted by atomic mass is 16.6. The summed E-state index contributed by atoms with van der Waals surface area (Å²) in [4.78, 5) is 35.1. The molecule has 1 N–H and O–H groups in total. The Hall–Kier alpha value is -3.77. The lowest BCUT2D eigenvalue weighted by atomic mass is 9.96. The van der Waals surface area contributed by atoms with Crippen LogP contribution in [0.15, 0.2) is 60.7 Å². The van der Waals surface area contributed by atoms with Crippen LogP contribution in [0.2, 0.25) is 0 Å². The van der Waals surface area contributed by atoms with Gasteiger partial charge in [-0.2, -0.15) is 0 Å². The van der Waals surface area contributed by atoms with Gasteiger partial charge in [0.1, 0.15) is 0 Å². The predicted molar refractivity (Wildman–Crippen MR) is 97.4 cm³/mol. The van der Waals surface area contributed by atoms with Gasteiger partial charge in [0.05, 0.1) is 16.7 Å². The molecule has 0 bridgehead atoms. The van der Waals surface area contributed by atoms with E-state index in [1.165, 1.54) is 0 Å². The van der Waals surface area contributed by atoms with Crippen molar-refractivity contribution in [2.24, 2.45) is 0 Å². The molecule has 3 aromatic rings. The van der Waals surface area contributed by atoms with Crippen molar-refractivity contribution in [3.8, 4) is 22.3 Å². The molecule has 0 fully saturated rings. The molecule has 6 nitrogen and oxygen atoms in total. The number of carbonyl (C=O) groups is 3. The van der Waals surface area contributed by atoms with Gasteiger partial charge in [0.25, 0.3) is 0 Å². The molecule has 2 heterocycles. The minimum Gasteiger partial charge on any atom is -0.428 e. The number of aliphatic hydroxyl groups excluding tert-OH is 1. The molecule has 136 valence electrons. The largest absolute Gasteiger partial charge is 0.428 e. The first-order valence-electron chi connectivity index (χ1n) is 8.55. The molecule has 2 aliphatic heterocycles. The Labute approximate surface area is 158 Å². The van der Waals surface area contributed by atoms with E-state index in [-0.39, 0.29) is 11.1 Å². The number of benzene rings is 3. The lowest BCUT2D eigenvalue weighted by Crippen LogP contribution is -1.96. The van der Waals surface area contributed by atoms with E-state index in [1.807, 2.05) is 30.3 Å². The van der Waals surface area contributed by atoms with Crippen LogP contribution in [-0.4, -0.2) is 23.0 Å². The second-order valence-electron chi connectivity index (χ2n) is 6.57. The lowest BCUT2D eigenvalue weighted by Gasteiger charge is -2.07. The summed E-state index contributed by atoms with van der Waals surface area (Å²) in [6.07, 6.45) is -1.21.